The van der Waals surface area contributed by atoms with Crippen LogP contribution in [0, 0.1) is 12.8 Å². The zero-order valence-corrected chi connectivity index (χ0v) is 15.6. The van der Waals surface area contributed by atoms with E-state index < -0.39 is 12.0 Å². The van der Waals surface area contributed by atoms with Gasteiger partial charge in [-0.2, -0.15) is 0 Å². The highest BCUT2D eigenvalue weighted by atomic mass is 32.1. The quantitative estimate of drug-likeness (QED) is 0.544. The largest absolute Gasteiger partial charge is 0.463 e. The molecule has 0 unspecified atom stereocenters. The van der Waals surface area contributed by atoms with Crippen molar-refractivity contribution in [2.24, 2.45) is 11.7 Å². The van der Waals surface area contributed by atoms with Crippen LogP contribution in [0.15, 0.2) is 39.1 Å². The van der Waals surface area contributed by atoms with Gasteiger partial charge in [0.05, 0.1) is 21.7 Å². The van der Waals surface area contributed by atoms with E-state index in [-0.39, 0.29) is 11.3 Å². The molecule has 2 aromatic heterocycles. The molecule has 1 aromatic carbocycles. The van der Waals surface area contributed by atoms with Crippen molar-refractivity contribution in [1.29, 1.82) is 0 Å². The Hall–Kier alpha value is -2.51. The van der Waals surface area contributed by atoms with Crippen molar-refractivity contribution < 1.29 is 13.9 Å². The summed E-state index contributed by atoms with van der Waals surface area (Å²) in [6.07, 6.45) is 2.16. The van der Waals surface area contributed by atoms with E-state index >= 15 is 0 Å². The molecule has 2 N–H and O–H groups in total. The molecule has 0 spiro atoms. The average molecular weight is 372 g/mol. The van der Waals surface area contributed by atoms with E-state index in [1.807, 2.05) is 26.2 Å². The summed E-state index contributed by atoms with van der Waals surface area (Å²) in [7, 11) is 0. The van der Waals surface area contributed by atoms with Gasteiger partial charge in [0.15, 0.2) is 0 Å². The van der Waals surface area contributed by atoms with Gasteiger partial charge < -0.3 is 14.9 Å². The Morgan fingerprint density at radius 3 is 2.85 bits per heavy atom. The summed E-state index contributed by atoms with van der Waals surface area (Å²) in [5.74, 6) is -0.192. The van der Waals surface area contributed by atoms with Gasteiger partial charge in [0.1, 0.15) is 23.6 Å². The fraction of sp³-hybridized carbons (Fsp3) is 0.316. The maximum Gasteiger partial charge on any atom is 0.328 e. The topological polar surface area (TPSA) is 95.4 Å². The van der Waals surface area contributed by atoms with Gasteiger partial charge in [-0.25, -0.2) is 9.78 Å². The minimum absolute atomic E-state index is 0.0185. The van der Waals surface area contributed by atoms with Crippen LogP contribution in [0.5, 0.6) is 5.75 Å². The lowest BCUT2D eigenvalue weighted by Crippen LogP contribution is -2.39. The Morgan fingerprint density at radius 1 is 1.42 bits per heavy atom. The lowest BCUT2D eigenvalue weighted by Gasteiger charge is -2.16. The van der Waals surface area contributed by atoms with E-state index in [4.69, 9.17) is 14.9 Å². The molecule has 136 valence electrons. The summed E-state index contributed by atoms with van der Waals surface area (Å²) in [4.78, 5) is 29.1. The van der Waals surface area contributed by atoms with Gasteiger partial charge in [-0.05, 0) is 25.0 Å². The van der Waals surface area contributed by atoms with Gasteiger partial charge in [-0.1, -0.05) is 20.3 Å². The van der Waals surface area contributed by atoms with Crippen molar-refractivity contribution in [2.75, 3.05) is 0 Å². The second kappa shape index (κ2) is 7.39. The van der Waals surface area contributed by atoms with Crippen LogP contribution in [-0.4, -0.2) is 17.0 Å². The first-order valence-corrected chi connectivity index (χ1v) is 9.24. The Kier molecular flexibility index (Phi) is 5.20. The lowest BCUT2D eigenvalue weighted by atomic mass is 10.0. The predicted octanol–water partition coefficient (Wildman–Crippen LogP) is 3.50. The number of hydrogen-bond donors (Lipinski definition) is 1. The number of hydrogen-bond acceptors (Lipinski definition) is 7. The smallest absolute Gasteiger partial charge is 0.328 e. The van der Waals surface area contributed by atoms with Crippen molar-refractivity contribution in [3.8, 4) is 17.0 Å². The first-order valence-electron chi connectivity index (χ1n) is 8.36. The van der Waals surface area contributed by atoms with Crippen LogP contribution < -0.4 is 15.9 Å². The fourth-order valence-electron chi connectivity index (χ4n) is 2.51. The molecule has 0 aliphatic heterocycles. The van der Waals surface area contributed by atoms with Gasteiger partial charge in [-0.3, -0.25) is 4.79 Å². The third-order valence-corrected chi connectivity index (χ3v) is 5.16. The van der Waals surface area contributed by atoms with Crippen molar-refractivity contribution in [1.82, 2.24) is 4.98 Å². The summed E-state index contributed by atoms with van der Waals surface area (Å²) in [6, 6.07) is 3.98. The third-order valence-electron chi connectivity index (χ3n) is 4.39. The normalized spacial score (nSPS) is 13.5. The minimum Gasteiger partial charge on any atom is -0.463 e. The molecular weight excluding hydrogens is 352 g/mol. The van der Waals surface area contributed by atoms with Crippen molar-refractivity contribution in [3.63, 3.8) is 0 Å². The van der Waals surface area contributed by atoms with E-state index in [1.165, 1.54) is 23.7 Å². The Labute approximate surface area is 154 Å². The molecule has 3 rings (SSSR count). The standard InChI is InChI=1S/C19H20N2O4S/c1-4-10(2)17(20)19(23)25-12-5-6-13-16(7-12)24-8-14(18(13)22)15-9-26-11(3)21-15/h5-10,17H,4,20H2,1-3H3/t10-,17+/m1/s1. The highest BCUT2D eigenvalue weighted by molar-refractivity contribution is 7.09. The molecule has 3 aromatic rings. The number of nitrogens with two attached hydrogens (primary N) is 1. The van der Waals surface area contributed by atoms with E-state index in [2.05, 4.69) is 4.98 Å². The van der Waals surface area contributed by atoms with Crippen LogP contribution in [0.3, 0.4) is 0 Å². The van der Waals surface area contributed by atoms with Gasteiger partial charge >= 0.3 is 5.97 Å². The number of aryl methyl sites for hydroxylation is 1. The average Bonchev–Trinajstić information content (AvgIpc) is 3.06. The number of aromatic nitrogens is 1. The van der Waals surface area contributed by atoms with Crippen LogP contribution in [0.4, 0.5) is 0 Å². The zero-order valence-electron chi connectivity index (χ0n) is 14.8. The van der Waals surface area contributed by atoms with Gasteiger partial charge in [0.2, 0.25) is 5.43 Å². The second-order valence-corrected chi connectivity index (χ2v) is 7.28. The zero-order chi connectivity index (χ0) is 18.8. The Morgan fingerprint density at radius 2 is 2.19 bits per heavy atom. The van der Waals surface area contributed by atoms with Crippen LogP contribution in [0.1, 0.15) is 25.3 Å². The van der Waals surface area contributed by atoms with Gasteiger partial charge in [0.25, 0.3) is 0 Å². The van der Waals surface area contributed by atoms with E-state index in [1.54, 1.807) is 12.1 Å². The van der Waals surface area contributed by atoms with Crippen molar-refractivity contribution in [3.05, 3.63) is 45.1 Å². The lowest BCUT2D eigenvalue weighted by molar-refractivity contribution is -0.137. The van der Waals surface area contributed by atoms with Gasteiger partial charge in [0, 0.05) is 11.4 Å². The first kappa shape index (κ1) is 18.3. The monoisotopic (exact) mass is 372 g/mol. The van der Waals surface area contributed by atoms with Crippen LogP contribution in [-0.2, 0) is 4.79 Å². The van der Waals surface area contributed by atoms with Crippen molar-refractivity contribution in [2.45, 2.75) is 33.2 Å². The molecular formula is C19H20N2O4S. The summed E-state index contributed by atoms with van der Waals surface area (Å²) in [5, 5.41) is 3.10. The number of thiazole rings is 1. The number of ether oxygens (including phenoxy) is 1. The molecule has 0 amide bonds. The SMILES string of the molecule is CC[C@@H](C)[C@H](N)C(=O)Oc1ccc2c(=O)c(-c3csc(C)n3)coc2c1. The number of carbonyl (C=O) groups is 1. The molecule has 0 fully saturated rings. The molecule has 0 aliphatic carbocycles. The summed E-state index contributed by atoms with van der Waals surface area (Å²) in [6.45, 7) is 5.73. The number of benzene rings is 1. The highest BCUT2D eigenvalue weighted by Gasteiger charge is 2.22. The molecule has 2 heterocycles. The van der Waals surface area contributed by atoms with Crippen LogP contribution >= 0.6 is 11.3 Å². The van der Waals surface area contributed by atoms with Crippen molar-refractivity contribution >= 4 is 28.3 Å². The molecule has 0 bridgehead atoms. The summed E-state index contributed by atoms with van der Waals surface area (Å²) in [5.41, 5.74) is 7.06. The number of carbonyl (C=O) groups excluding carboxylic acids is 1. The van der Waals surface area contributed by atoms with Gasteiger partial charge in [-0.15, -0.1) is 11.3 Å². The second-order valence-electron chi connectivity index (χ2n) is 6.22. The van der Waals surface area contributed by atoms with E-state index in [9.17, 15) is 9.59 Å². The van der Waals surface area contributed by atoms with Crippen LogP contribution in [0.25, 0.3) is 22.2 Å². The molecule has 7 heteroatoms. The van der Waals surface area contributed by atoms with E-state index in [0.29, 0.717) is 28.0 Å². The number of nitrogens with zero attached hydrogens (tertiary/aromatic N) is 1. The number of esters is 1. The Bertz CT molecular complexity index is 1010. The van der Waals surface area contributed by atoms with Crippen LogP contribution in [0.2, 0.25) is 0 Å². The molecule has 26 heavy (non-hydrogen) atoms. The summed E-state index contributed by atoms with van der Waals surface area (Å²) >= 11 is 1.47. The first-order chi connectivity index (χ1) is 12.4. The molecule has 2 atom stereocenters. The number of rotatable bonds is 5. The molecule has 0 saturated carbocycles. The maximum absolute atomic E-state index is 12.7. The maximum atomic E-state index is 12.7. The Balaban J connectivity index is 1.91. The summed E-state index contributed by atoms with van der Waals surface area (Å²) < 4.78 is 10.9. The highest BCUT2D eigenvalue weighted by Crippen LogP contribution is 2.24. The molecule has 0 radical (unpaired) electrons. The minimum atomic E-state index is -0.696. The molecule has 6 nitrogen and oxygen atoms in total. The third kappa shape index (κ3) is 3.54. The molecule has 0 aliphatic rings. The molecule has 0 saturated heterocycles. The van der Waals surface area contributed by atoms with E-state index in [0.717, 1.165) is 11.4 Å². The number of fused-ring (bicyclic) bond motifs is 1. The fourth-order valence-corrected chi connectivity index (χ4v) is 3.12. The predicted molar refractivity (Wildman–Crippen MR) is 101 cm³/mol.